The van der Waals surface area contributed by atoms with E-state index in [-0.39, 0.29) is 5.41 Å². The molecule has 0 amide bonds. The van der Waals surface area contributed by atoms with Gasteiger partial charge in [0.1, 0.15) is 0 Å². The van der Waals surface area contributed by atoms with Crippen molar-refractivity contribution in [2.45, 2.75) is 64.8 Å². The summed E-state index contributed by atoms with van der Waals surface area (Å²) in [6.45, 7) is 9.17. The van der Waals surface area contributed by atoms with E-state index >= 15 is 0 Å². The Bertz CT molecular complexity index is 412. The van der Waals surface area contributed by atoms with E-state index in [0.717, 1.165) is 11.8 Å². The molecule has 1 fully saturated rings. The van der Waals surface area contributed by atoms with Crippen molar-refractivity contribution in [2.75, 3.05) is 7.05 Å². The van der Waals surface area contributed by atoms with Gasteiger partial charge in [-0.25, -0.2) is 0 Å². The Morgan fingerprint density at radius 1 is 1.15 bits per heavy atom. The van der Waals surface area contributed by atoms with Gasteiger partial charge in [0, 0.05) is 6.04 Å². The number of hydrogen-bond donors (Lipinski definition) is 1. The van der Waals surface area contributed by atoms with E-state index in [0.29, 0.717) is 6.04 Å². The second-order valence-corrected chi connectivity index (χ2v) is 7.49. The summed E-state index contributed by atoms with van der Waals surface area (Å²) in [6.07, 6.45) is 5.53. The van der Waals surface area contributed by atoms with Crippen LogP contribution in [0.4, 0.5) is 0 Å². The monoisotopic (exact) mass is 273 g/mol. The van der Waals surface area contributed by atoms with E-state index in [1.54, 1.807) is 0 Å². The van der Waals surface area contributed by atoms with Crippen LogP contribution < -0.4 is 5.32 Å². The maximum Gasteiger partial charge on any atom is 0.0346 e. The Hall–Kier alpha value is -0.820. The van der Waals surface area contributed by atoms with Crippen molar-refractivity contribution in [1.29, 1.82) is 0 Å². The summed E-state index contributed by atoms with van der Waals surface area (Å²) in [5, 5.41) is 3.56. The SMILES string of the molecule is CCC1CCC(C(NC)c2ccc(C(C)(C)C)cc2)C1. The molecule has 0 heterocycles. The van der Waals surface area contributed by atoms with Crippen LogP contribution in [0, 0.1) is 11.8 Å². The first-order chi connectivity index (χ1) is 9.45. The summed E-state index contributed by atoms with van der Waals surface area (Å²) in [4.78, 5) is 0. The molecule has 0 spiro atoms. The molecule has 1 heteroatoms. The van der Waals surface area contributed by atoms with Crippen molar-refractivity contribution in [3.05, 3.63) is 35.4 Å². The summed E-state index contributed by atoms with van der Waals surface area (Å²) in [5.74, 6) is 1.76. The van der Waals surface area contributed by atoms with Crippen LogP contribution in [-0.2, 0) is 5.41 Å². The molecule has 0 saturated heterocycles. The molecule has 112 valence electrons. The first-order valence-corrected chi connectivity index (χ1v) is 8.23. The van der Waals surface area contributed by atoms with Gasteiger partial charge in [-0.1, -0.05) is 64.8 Å². The lowest BCUT2D eigenvalue weighted by Crippen LogP contribution is -2.24. The third-order valence-electron chi connectivity index (χ3n) is 5.08. The van der Waals surface area contributed by atoms with Gasteiger partial charge in [-0.15, -0.1) is 0 Å². The molecular weight excluding hydrogens is 242 g/mol. The molecular formula is C19H31N. The van der Waals surface area contributed by atoms with Crippen LogP contribution in [0.1, 0.15) is 70.5 Å². The fourth-order valence-corrected chi connectivity index (χ4v) is 3.65. The van der Waals surface area contributed by atoms with Crippen LogP contribution in [0.15, 0.2) is 24.3 Å². The summed E-state index contributed by atoms with van der Waals surface area (Å²) in [5.41, 5.74) is 3.13. The van der Waals surface area contributed by atoms with Crippen molar-refractivity contribution in [3.8, 4) is 0 Å². The highest BCUT2D eigenvalue weighted by atomic mass is 14.9. The molecule has 1 aromatic carbocycles. The zero-order valence-electron chi connectivity index (χ0n) is 13.9. The van der Waals surface area contributed by atoms with Crippen LogP contribution >= 0.6 is 0 Å². The Kier molecular flexibility index (Phi) is 4.90. The molecule has 1 saturated carbocycles. The molecule has 1 N–H and O–H groups in total. The van der Waals surface area contributed by atoms with Crippen molar-refractivity contribution in [3.63, 3.8) is 0 Å². The lowest BCUT2D eigenvalue weighted by Gasteiger charge is -2.25. The van der Waals surface area contributed by atoms with Crippen molar-refractivity contribution in [2.24, 2.45) is 11.8 Å². The highest BCUT2D eigenvalue weighted by Crippen LogP contribution is 2.40. The van der Waals surface area contributed by atoms with Gasteiger partial charge in [0.05, 0.1) is 0 Å². The van der Waals surface area contributed by atoms with E-state index in [2.05, 4.69) is 64.3 Å². The minimum Gasteiger partial charge on any atom is -0.313 e. The molecule has 0 bridgehead atoms. The minimum atomic E-state index is 0.244. The largest absolute Gasteiger partial charge is 0.313 e. The fourth-order valence-electron chi connectivity index (χ4n) is 3.65. The average Bonchev–Trinajstić information content (AvgIpc) is 2.88. The van der Waals surface area contributed by atoms with E-state index in [4.69, 9.17) is 0 Å². The predicted molar refractivity (Wildman–Crippen MR) is 88.1 cm³/mol. The molecule has 1 aromatic rings. The molecule has 0 aliphatic heterocycles. The Morgan fingerprint density at radius 3 is 2.25 bits per heavy atom. The van der Waals surface area contributed by atoms with Crippen LogP contribution in [0.5, 0.6) is 0 Å². The Labute approximate surface area is 125 Å². The molecule has 0 radical (unpaired) electrons. The van der Waals surface area contributed by atoms with Gasteiger partial charge >= 0.3 is 0 Å². The van der Waals surface area contributed by atoms with E-state index in [1.165, 1.54) is 36.8 Å². The molecule has 2 rings (SSSR count). The normalized spacial score (nSPS) is 24.9. The predicted octanol–water partition coefficient (Wildman–Crippen LogP) is 5.07. The van der Waals surface area contributed by atoms with Gasteiger partial charge in [0.25, 0.3) is 0 Å². The van der Waals surface area contributed by atoms with Gasteiger partial charge in [-0.3, -0.25) is 0 Å². The molecule has 20 heavy (non-hydrogen) atoms. The summed E-state index contributed by atoms with van der Waals surface area (Å²) in [7, 11) is 2.11. The second kappa shape index (κ2) is 6.30. The summed E-state index contributed by atoms with van der Waals surface area (Å²) in [6, 6.07) is 9.82. The molecule has 1 nitrogen and oxygen atoms in total. The molecule has 0 aromatic heterocycles. The minimum absolute atomic E-state index is 0.244. The zero-order valence-corrected chi connectivity index (χ0v) is 13.9. The standard InChI is InChI=1S/C19H31N/c1-6-14-7-8-16(13-14)18(20-5)15-9-11-17(12-10-15)19(2,3)4/h9-12,14,16,18,20H,6-8,13H2,1-5H3. The number of hydrogen-bond acceptors (Lipinski definition) is 1. The highest BCUT2D eigenvalue weighted by molar-refractivity contribution is 5.29. The highest BCUT2D eigenvalue weighted by Gasteiger charge is 2.30. The summed E-state index contributed by atoms with van der Waals surface area (Å²) < 4.78 is 0. The second-order valence-electron chi connectivity index (χ2n) is 7.49. The zero-order chi connectivity index (χ0) is 14.8. The molecule has 3 atom stereocenters. The van der Waals surface area contributed by atoms with Crippen LogP contribution in [0.2, 0.25) is 0 Å². The van der Waals surface area contributed by atoms with E-state index in [1.807, 2.05) is 0 Å². The first kappa shape index (κ1) is 15.6. The third-order valence-corrected chi connectivity index (χ3v) is 5.08. The number of benzene rings is 1. The Morgan fingerprint density at radius 2 is 1.80 bits per heavy atom. The van der Waals surface area contributed by atoms with Gasteiger partial charge in [-0.05, 0) is 48.3 Å². The maximum absolute atomic E-state index is 3.56. The fraction of sp³-hybridized carbons (Fsp3) is 0.684. The van der Waals surface area contributed by atoms with E-state index in [9.17, 15) is 0 Å². The van der Waals surface area contributed by atoms with Crippen LogP contribution in [0.3, 0.4) is 0 Å². The van der Waals surface area contributed by atoms with Crippen molar-refractivity contribution < 1.29 is 0 Å². The number of rotatable bonds is 4. The third kappa shape index (κ3) is 3.44. The maximum atomic E-state index is 3.56. The van der Waals surface area contributed by atoms with Gasteiger partial charge in [-0.2, -0.15) is 0 Å². The topological polar surface area (TPSA) is 12.0 Å². The van der Waals surface area contributed by atoms with E-state index < -0.39 is 0 Å². The lowest BCUT2D eigenvalue weighted by atomic mass is 9.84. The van der Waals surface area contributed by atoms with Crippen LogP contribution in [-0.4, -0.2) is 7.05 Å². The Balaban J connectivity index is 2.12. The first-order valence-electron chi connectivity index (χ1n) is 8.23. The average molecular weight is 273 g/mol. The summed E-state index contributed by atoms with van der Waals surface area (Å²) >= 11 is 0. The number of nitrogens with one attached hydrogen (secondary N) is 1. The van der Waals surface area contributed by atoms with Crippen LogP contribution in [0.25, 0.3) is 0 Å². The van der Waals surface area contributed by atoms with Crippen molar-refractivity contribution in [1.82, 2.24) is 5.32 Å². The van der Waals surface area contributed by atoms with Gasteiger partial charge in [0.15, 0.2) is 0 Å². The lowest BCUT2D eigenvalue weighted by molar-refractivity contribution is 0.372. The quantitative estimate of drug-likeness (QED) is 0.807. The van der Waals surface area contributed by atoms with Gasteiger partial charge in [0.2, 0.25) is 0 Å². The molecule has 1 aliphatic rings. The smallest absolute Gasteiger partial charge is 0.0346 e. The van der Waals surface area contributed by atoms with Gasteiger partial charge < -0.3 is 5.32 Å². The molecule has 1 aliphatic carbocycles. The molecule has 3 unspecified atom stereocenters. The van der Waals surface area contributed by atoms with Crippen molar-refractivity contribution >= 4 is 0 Å².